The van der Waals surface area contributed by atoms with E-state index in [1.54, 1.807) is 6.07 Å². The molecule has 1 aromatic carbocycles. The lowest BCUT2D eigenvalue weighted by Crippen LogP contribution is -2.38. The first-order valence-corrected chi connectivity index (χ1v) is 8.63. The molecular formula is C18H18F3N5O3. The molecule has 154 valence electrons. The third-order valence-electron chi connectivity index (χ3n) is 4.52. The van der Waals surface area contributed by atoms with E-state index in [-0.39, 0.29) is 30.7 Å². The van der Waals surface area contributed by atoms with E-state index in [0.29, 0.717) is 5.56 Å². The number of hydrogen-bond donors (Lipinski definition) is 1. The number of alkyl halides is 3. The van der Waals surface area contributed by atoms with Crippen LogP contribution in [0.25, 0.3) is 11.2 Å². The molecule has 0 spiro atoms. The molecule has 0 aliphatic rings. The van der Waals surface area contributed by atoms with Gasteiger partial charge in [0, 0.05) is 20.6 Å². The summed E-state index contributed by atoms with van der Waals surface area (Å²) in [4.78, 5) is 40.5. The average Bonchev–Trinajstić information content (AvgIpc) is 3.08. The summed E-state index contributed by atoms with van der Waals surface area (Å²) in [6.45, 7) is -0.0875. The van der Waals surface area contributed by atoms with E-state index in [0.717, 1.165) is 16.7 Å². The van der Waals surface area contributed by atoms with Gasteiger partial charge in [-0.3, -0.25) is 18.7 Å². The SMILES string of the molecule is Cn1c(=O)c2c(ncn2CC(=O)NCCc2cccc(C(F)(F)F)c2)n(C)c1=O. The van der Waals surface area contributed by atoms with E-state index >= 15 is 0 Å². The first-order valence-electron chi connectivity index (χ1n) is 8.63. The lowest BCUT2D eigenvalue weighted by atomic mass is 10.1. The van der Waals surface area contributed by atoms with Crippen molar-refractivity contribution < 1.29 is 18.0 Å². The average molecular weight is 409 g/mol. The number of fused-ring (bicyclic) bond motifs is 1. The van der Waals surface area contributed by atoms with Gasteiger partial charge in [-0.05, 0) is 18.1 Å². The van der Waals surface area contributed by atoms with E-state index in [2.05, 4.69) is 10.3 Å². The summed E-state index contributed by atoms with van der Waals surface area (Å²) in [7, 11) is 2.80. The highest BCUT2D eigenvalue weighted by Gasteiger charge is 2.30. The van der Waals surface area contributed by atoms with Gasteiger partial charge in [0.25, 0.3) is 5.56 Å². The summed E-state index contributed by atoms with van der Waals surface area (Å²) in [5.41, 5.74) is -1.13. The molecule has 0 saturated carbocycles. The second kappa shape index (κ2) is 7.57. The third kappa shape index (κ3) is 4.08. The predicted molar refractivity (Wildman–Crippen MR) is 98.4 cm³/mol. The van der Waals surface area contributed by atoms with Crippen LogP contribution in [0.2, 0.25) is 0 Å². The van der Waals surface area contributed by atoms with Crippen molar-refractivity contribution in [1.29, 1.82) is 0 Å². The molecule has 0 aliphatic heterocycles. The van der Waals surface area contributed by atoms with Crippen molar-refractivity contribution in [2.24, 2.45) is 14.1 Å². The molecular weight excluding hydrogens is 391 g/mol. The van der Waals surface area contributed by atoms with Crippen LogP contribution >= 0.6 is 0 Å². The highest BCUT2D eigenvalue weighted by Crippen LogP contribution is 2.29. The number of imidazole rings is 1. The first kappa shape index (κ1) is 20.4. The molecule has 1 N–H and O–H groups in total. The fourth-order valence-electron chi connectivity index (χ4n) is 2.98. The van der Waals surface area contributed by atoms with Gasteiger partial charge in [0.15, 0.2) is 11.2 Å². The lowest BCUT2D eigenvalue weighted by molar-refractivity contribution is -0.137. The molecule has 0 bridgehead atoms. The van der Waals surface area contributed by atoms with Gasteiger partial charge in [-0.1, -0.05) is 18.2 Å². The number of nitrogens with zero attached hydrogens (tertiary/aromatic N) is 4. The number of nitrogens with one attached hydrogen (secondary N) is 1. The van der Waals surface area contributed by atoms with Crippen LogP contribution in [-0.2, 0) is 38.0 Å². The number of benzene rings is 1. The maximum atomic E-state index is 12.7. The van der Waals surface area contributed by atoms with Crippen LogP contribution in [0.1, 0.15) is 11.1 Å². The molecule has 0 fully saturated rings. The Bertz CT molecular complexity index is 1190. The van der Waals surface area contributed by atoms with Gasteiger partial charge in [0.2, 0.25) is 5.91 Å². The van der Waals surface area contributed by atoms with Crippen molar-refractivity contribution in [1.82, 2.24) is 24.0 Å². The molecule has 2 aromatic heterocycles. The fraction of sp³-hybridized carbons (Fsp3) is 0.333. The second-order valence-corrected chi connectivity index (χ2v) is 6.55. The molecule has 3 aromatic rings. The summed E-state index contributed by atoms with van der Waals surface area (Å²) in [5, 5.41) is 2.61. The van der Waals surface area contributed by atoms with Crippen LogP contribution in [-0.4, -0.2) is 31.1 Å². The van der Waals surface area contributed by atoms with E-state index in [4.69, 9.17) is 0 Å². The summed E-state index contributed by atoms with van der Waals surface area (Å²) < 4.78 is 41.7. The molecule has 1 amide bonds. The summed E-state index contributed by atoms with van der Waals surface area (Å²) in [6.07, 6.45) is -2.91. The Kier molecular flexibility index (Phi) is 5.31. The minimum atomic E-state index is -4.42. The van der Waals surface area contributed by atoms with Crippen molar-refractivity contribution >= 4 is 17.1 Å². The number of rotatable bonds is 5. The number of aryl methyl sites for hydroxylation is 1. The van der Waals surface area contributed by atoms with Crippen LogP contribution in [0.5, 0.6) is 0 Å². The van der Waals surface area contributed by atoms with Crippen molar-refractivity contribution in [3.63, 3.8) is 0 Å². The largest absolute Gasteiger partial charge is 0.416 e. The maximum absolute atomic E-state index is 12.7. The number of amides is 1. The molecule has 29 heavy (non-hydrogen) atoms. The quantitative estimate of drug-likeness (QED) is 0.675. The Morgan fingerprint density at radius 2 is 1.90 bits per heavy atom. The van der Waals surface area contributed by atoms with E-state index in [9.17, 15) is 27.6 Å². The Hall–Kier alpha value is -3.37. The minimum Gasteiger partial charge on any atom is -0.354 e. The number of carbonyl (C=O) groups is 1. The number of halogens is 3. The van der Waals surface area contributed by atoms with Gasteiger partial charge in [-0.2, -0.15) is 13.2 Å². The van der Waals surface area contributed by atoms with Gasteiger partial charge in [-0.15, -0.1) is 0 Å². The Morgan fingerprint density at radius 1 is 1.17 bits per heavy atom. The molecule has 0 saturated heterocycles. The number of aromatic nitrogens is 4. The Labute approximate surface area is 162 Å². The number of carbonyl (C=O) groups excluding carboxylic acids is 1. The van der Waals surface area contributed by atoms with Gasteiger partial charge < -0.3 is 9.88 Å². The van der Waals surface area contributed by atoms with Gasteiger partial charge in [0.1, 0.15) is 6.54 Å². The topological polar surface area (TPSA) is 90.9 Å². The van der Waals surface area contributed by atoms with Crippen LogP contribution in [0, 0.1) is 0 Å². The van der Waals surface area contributed by atoms with Crippen LogP contribution < -0.4 is 16.6 Å². The van der Waals surface area contributed by atoms with Crippen molar-refractivity contribution in [3.05, 3.63) is 62.6 Å². The molecule has 0 unspecified atom stereocenters. The Morgan fingerprint density at radius 3 is 2.59 bits per heavy atom. The first-order chi connectivity index (χ1) is 13.6. The van der Waals surface area contributed by atoms with Crippen LogP contribution in [0.4, 0.5) is 13.2 Å². The zero-order valence-electron chi connectivity index (χ0n) is 15.7. The van der Waals surface area contributed by atoms with Crippen molar-refractivity contribution in [2.45, 2.75) is 19.1 Å². The summed E-state index contributed by atoms with van der Waals surface area (Å²) >= 11 is 0. The molecule has 2 heterocycles. The van der Waals surface area contributed by atoms with E-state index < -0.39 is 28.9 Å². The predicted octanol–water partition coefficient (Wildman–Crippen LogP) is 0.811. The van der Waals surface area contributed by atoms with E-state index in [1.165, 1.54) is 35.6 Å². The smallest absolute Gasteiger partial charge is 0.354 e. The third-order valence-corrected chi connectivity index (χ3v) is 4.52. The highest BCUT2D eigenvalue weighted by atomic mass is 19.4. The van der Waals surface area contributed by atoms with Gasteiger partial charge in [0.05, 0.1) is 11.9 Å². The molecule has 0 atom stereocenters. The summed E-state index contributed by atoms with van der Waals surface area (Å²) in [5.74, 6) is -0.438. The maximum Gasteiger partial charge on any atom is 0.416 e. The fourth-order valence-corrected chi connectivity index (χ4v) is 2.98. The molecule has 0 radical (unpaired) electrons. The van der Waals surface area contributed by atoms with Crippen LogP contribution in [0.15, 0.2) is 40.2 Å². The standard InChI is InChI=1S/C18H18F3N5O3/c1-24-15-14(16(28)25(2)17(24)29)26(10-23-15)9-13(27)22-7-6-11-4-3-5-12(8-11)18(19,20)21/h3-5,8,10H,6-7,9H2,1-2H3,(H,22,27). The Balaban J connectivity index is 1.68. The zero-order valence-corrected chi connectivity index (χ0v) is 15.7. The van der Waals surface area contributed by atoms with E-state index in [1.807, 2.05) is 0 Å². The zero-order chi connectivity index (χ0) is 21.3. The highest BCUT2D eigenvalue weighted by molar-refractivity contribution is 5.78. The second-order valence-electron chi connectivity index (χ2n) is 6.55. The monoisotopic (exact) mass is 409 g/mol. The molecule has 0 aliphatic carbocycles. The molecule has 8 nitrogen and oxygen atoms in total. The normalized spacial score (nSPS) is 11.8. The van der Waals surface area contributed by atoms with Gasteiger partial charge >= 0.3 is 11.9 Å². The van der Waals surface area contributed by atoms with Crippen molar-refractivity contribution in [2.75, 3.05) is 6.54 Å². The minimum absolute atomic E-state index is 0.114. The molecule has 3 rings (SSSR count). The lowest BCUT2D eigenvalue weighted by Gasteiger charge is -2.10. The van der Waals surface area contributed by atoms with Crippen LogP contribution in [0.3, 0.4) is 0 Å². The van der Waals surface area contributed by atoms with Gasteiger partial charge in [-0.25, -0.2) is 9.78 Å². The molecule has 11 heteroatoms. The summed E-state index contributed by atoms with van der Waals surface area (Å²) in [6, 6.07) is 4.90. The number of hydrogen-bond acceptors (Lipinski definition) is 4. The van der Waals surface area contributed by atoms with Crippen molar-refractivity contribution in [3.8, 4) is 0 Å².